The minimum absolute atomic E-state index is 0.461. The van der Waals surface area contributed by atoms with E-state index in [0.717, 1.165) is 17.7 Å². The van der Waals surface area contributed by atoms with Gasteiger partial charge in [0.1, 0.15) is 10.4 Å². The third-order valence-electron chi connectivity index (χ3n) is 2.14. The number of anilines is 1. The van der Waals surface area contributed by atoms with E-state index in [9.17, 15) is 0 Å². The van der Waals surface area contributed by atoms with Gasteiger partial charge in [-0.3, -0.25) is 0 Å². The van der Waals surface area contributed by atoms with Gasteiger partial charge in [-0.15, -0.1) is 0 Å². The highest BCUT2D eigenvalue weighted by Gasteiger charge is 2.04. The molecule has 0 unspecified atom stereocenters. The molecule has 5 heteroatoms. The van der Waals surface area contributed by atoms with Gasteiger partial charge in [-0.05, 0) is 46.6 Å². The molecule has 1 heterocycles. The summed E-state index contributed by atoms with van der Waals surface area (Å²) in [6.07, 6.45) is 10.1. The number of aromatic nitrogens is 2. The van der Waals surface area contributed by atoms with E-state index in [4.69, 9.17) is 11.5 Å². The van der Waals surface area contributed by atoms with Crippen LogP contribution in [0.1, 0.15) is 12.1 Å². The van der Waals surface area contributed by atoms with Crippen LogP contribution in [0.15, 0.2) is 47.4 Å². The fourth-order valence-corrected chi connectivity index (χ4v) is 1.67. The molecule has 0 aliphatic carbocycles. The number of halogens is 1. The molecule has 0 spiro atoms. The first-order valence-electron chi connectivity index (χ1n) is 5.14. The number of rotatable bonds is 5. The molecule has 0 amide bonds. The van der Waals surface area contributed by atoms with Crippen molar-refractivity contribution in [3.05, 3.63) is 53.1 Å². The average molecular weight is 295 g/mol. The lowest BCUT2D eigenvalue weighted by atomic mass is 10.1. The third kappa shape index (κ3) is 4.40. The van der Waals surface area contributed by atoms with Gasteiger partial charge >= 0.3 is 0 Å². The molecule has 1 aromatic rings. The Bertz CT molecular complexity index is 452. The number of nitrogens with two attached hydrogens (primary N) is 2. The Morgan fingerprint density at radius 1 is 1.53 bits per heavy atom. The zero-order valence-corrected chi connectivity index (χ0v) is 11.0. The van der Waals surface area contributed by atoms with Crippen molar-refractivity contribution < 1.29 is 0 Å². The summed E-state index contributed by atoms with van der Waals surface area (Å²) in [6.45, 7) is 3.66. The molecule has 0 saturated heterocycles. The van der Waals surface area contributed by atoms with Gasteiger partial charge in [0, 0.05) is 0 Å². The van der Waals surface area contributed by atoms with Crippen molar-refractivity contribution >= 4 is 21.7 Å². The van der Waals surface area contributed by atoms with E-state index in [0.29, 0.717) is 16.8 Å². The summed E-state index contributed by atoms with van der Waals surface area (Å²) >= 11 is 3.27. The predicted octanol–water partition coefficient (Wildman–Crippen LogP) is 2.34. The van der Waals surface area contributed by atoms with Gasteiger partial charge in [-0.1, -0.05) is 18.7 Å². The molecule has 0 aromatic carbocycles. The minimum atomic E-state index is 0.461. The van der Waals surface area contributed by atoms with Crippen LogP contribution < -0.4 is 11.5 Å². The Kier molecular flexibility index (Phi) is 5.42. The average Bonchev–Trinajstić information content (AvgIpc) is 2.30. The maximum atomic E-state index is 5.75. The molecule has 0 radical (unpaired) electrons. The zero-order chi connectivity index (χ0) is 12.7. The number of nitrogens with zero attached hydrogens (tertiary/aromatic N) is 2. The van der Waals surface area contributed by atoms with Crippen molar-refractivity contribution in [2.45, 2.75) is 12.8 Å². The molecule has 0 aliphatic heterocycles. The molecule has 0 fully saturated rings. The van der Waals surface area contributed by atoms with Crippen LogP contribution in [0.5, 0.6) is 0 Å². The molecule has 17 heavy (non-hydrogen) atoms. The Morgan fingerprint density at radius 2 is 2.29 bits per heavy atom. The van der Waals surface area contributed by atoms with E-state index in [1.165, 1.54) is 6.20 Å². The van der Waals surface area contributed by atoms with Crippen LogP contribution in [-0.2, 0) is 6.42 Å². The summed E-state index contributed by atoms with van der Waals surface area (Å²) in [6, 6.07) is 0. The number of nitrogen functional groups attached to an aromatic ring is 1. The lowest BCUT2D eigenvalue weighted by Crippen LogP contribution is -2.01. The number of aryl methyl sites for hydroxylation is 1. The largest absolute Gasteiger partial charge is 0.405 e. The van der Waals surface area contributed by atoms with E-state index in [1.807, 2.05) is 12.2 Å². The lowest BCUT2D eigenvalue weighted by molar-refractivity contribution is 0.900. The lowest BCUT2D eigenvalue weighted by Gasteiger charge is -2.04. The summed E-state index contributed by atoms with van der Waals surface area (Å²) in [7, 11) is 0. The quantitative estimate of drug-likeness (QED) is 0.817. The monoisotopic (exact) mass is 294 g/mol. The maximum Gasteiger partial charge on any atom is 0.145 e. The van der Waals surface area contributed by atoms with Crippen LogP contribution in [0.25, 0.3) is 0 Å². The number of hydrogen-bond acceptors (Lipinski definition) is 4. The molecular weight excluding hydrogens is 280 g/mol. The van der Waals surface area contributed by atoms with Gasteiger partial charge < -0.3 is 11.5 Å². The van der Waals surface area contributed by atoms with E-state index in [-0.39, 0.29) is 0 Å². The van der Waals surface area contributed by atoms with E-state index in [1.54, 1.807) is 12.3 Å². The van der Waals surface area contributed by atoms with Crippen LogP contribution >= 0.6 is 15.9 Å². The Morgan fingerprint density at radius 3 is 2.94 bits per heavy atom. The van der Waals surface area contributed by atoms with Crippen LogP contribution in [-0.4, -0.2) is 9.97 Å². The molecule has 4 nitrogen and oxygen atoms in total. The highest BCUT2D eigenvalue weighted by Crippen LogP contribution is 2.15. The second-order valence-corrected chi connectivity index (χ2v) is 4.17. The molecule has 1 rings (SSSR count). The summed E-state index contributed by atoms with van der Waals surface area (Å²) in [5.41, 5.74) is 13.0. The fourth-order valence-electron chi connectivity index (χ4n) is 1.36. The standard InChI is InChI=1S/C12H15BrN4/c1-2-3-9(6-7-14)4-5-10-12(15)16-8-11(13)17-10/h2-3,6-8H,1,4-5,14H2,(H2,15,16)/b7-6-,9-3-. The molecular formula is C12H15BrN4. The molecule has 1 aromatic heterocycles. The Balaban J connectivity index is 2.75. The van der Waals surface area contributed by atoms with Crippen LogP contribution in [0.3, 0.4) is 0 Å². The summed E-state index contributed by atoms with van der Waals surface area (Å²) in [5, 5.41) is 0. The highest BCUT2D eigenvalue weighted by molar-refractivity contribution is 9.10. The number of allylic oxidation sites excluding steroid dienone is 4. The molecule has 0 bridgehead atoms. The van der Waals surface area contributed by atoms with Crippen molar-refractivity contribution in [3.8, 4) is 0 Å². The van der Waals surface area contributed by atoms with E-state index < -0.39 is 0 Å². The van der Waals surface area contributed by atoms with E-state index in [2.05, 4.69) is 32.5 Å². The maximum absolute atomic E-state index is 5.75. The summed E-state index contributed by atoms with van der Waals surface area (Å²) < 4.78 is 0.685. The molecule has 0 saturated carbocycles. The zero-order valence-electron chi connectivity index (χ0n) is 9.44. The molecule has 90 valence electrons. The van der Waals surface area contributed by atoms with Crippen molar-refractivity contribution in [1.82, 2.24) is 9.97 Å². The Labute approximate surface area is 109 Å². The predicted molar refractivity (Wildman–Crippen MR) is 74.1 cm³/mol. The summed E-state index contributed by atoms with van der Waals surface area (Å²) in [4.78, 5) is 8.32. The Hall–Kier alpha value is -1.62. The van der Waals surface area contributed by atoms with Gasteiger partial charge in [-0.25, -0.2) is 9.97 Å². The SMILES string of the molecule is C=C/C=C(\C=C/N)CCc1nc(Br)cnc1N. The highest BCUT2D eigenvalue weighted by atomic mass is 79.9. The third-order valence-corrected chi connectivity index (χ3v) is 2.52. The van der Waals surface area contributed by atoms with Gasteiger partial charge in [0.25, 0.3) is 0 Å². The van der Waals surface area contributed by atoms with Crippen molar-refractivity contribution in [2.24, 2.45) is 5.73 Å². The first kappa shape index (κ1) is 13.4. The van der Waals surface area contributed by atoms with Gasteiger partial charge in [0.2, 0.25) is 0 Å². The molecule has 0 atom stereocenters. The number of hydrogen-bond donors (Lipinski definition) is 2. The first-order valence-corrected chi connectivity index (χ1v) is 5.93. The van der Waals surface area contributed by atoms with Crippen LogP contribution in [0, 0.1) is 0 Å². The van der Waals surface area contributed by atoms with Gasteiger partial charge in [-0.2, -0.15) is 0 Å². The molecule has 0 aliphatic rings. The second kappa shape index (κ2) is 6.85. The summed E-state index contributed by atoms with van der Waals surface area (Å²) in [5.74, 6) is 0.461. The second-order valence-electron chi connectivity index (χ2n) is 3.36. The smallest absolute Gasteiger partial charge is 0.145 e. The fraction of sp³-hybridized carbons (Fsp3) is 0.167. The first-order chi connectivity index (χ1) is 8.17. The van der Waals surface area contributed by atoms with Gasteiger partial charge in [0.15, 0.2) is 0 Å². The van der Waals surface area contributed by atoms with Crippen LogP contribution in [0.4, 0.5) is 5.82 Å². The van der Waals surface area contributed by atoms with Crippen molar-refractivity contribution in [2.75, 3.05) is 5.73 Å². The normalized spacial score (nSPS) is 11.9. The van der Waals surface area contributed by atoms with Crippen molar-refractivity contribution in [1.29, 1.82) is 0 Å². The molecule has 4 N–H and O–H groups in total. The van der Waals surface area contributed by atoms with E-state index >= 15 is 0 Å². The topological polar surface area (TPSA) is 77.8 Å². The van der Waals surface area contributed by atoms with Crippen LogP contribution in [0.2, 0.25) is 0 Å². The minimum Gasteiger partial charge on any atom is -0.405 e. The van der Waals surface area contributed by atoms with Gasteiger partial charge in [0.05, 0.1) is 11.9 Å². The van der Waals surface area contributed by atoms with Crippen molar-refractivity contribution in [3.63, 3.8) is 0 Å².